The monoisotopic (exact) mass is 300 g/mol. The van der Waals surface area contributed by atoms with Gasteiger partial charge in [-0.1, -0.05) is 43.1 Å². The molecule has 0 atom stereocenters. The number of amides is 1. The average Bonchev–Trinajstić information content (AvgIpc) is 2.45. The van der Waals surface area contributed by atoms with Crippen LogP contribution in [0.4, 0.5) is 0 Å². The van der Waals surface area contributed by atoms with Crippen LogP contribution in [0.15, 0.2) is 12.1 Å². The molecule has 3 nitrogen and oxygen atoms in total. The summed E-state index contributed by atoms with van der Waals surface area (Å²) in [7, 11) is 0. The number of carbonyl (C=O) groups excluding carboxylic acids is 1. The topological polar surface area (TPSA) is 33.2 Å². The fourth-order valence-corrected chi connectivity index (χ4v) is 2.63. The van der Waals surface area contributed by atoms with Crippen molar-refractivity contribution in [1.29, 1.82) is 0 Å². The fourth-order valence-electron chi connectivity index (χ4n) is 2.22. The van der Waals surface area contributed by atoms with Gasteiger partial charge in [-0.3, -0.25) is 4.79 Å². The summed E-state index contributed by atoms with van der Waals surface area (Å²) in [6.45, 7) is 5.70. The van der Waals surface area contributed by atoms with E-state index >= 15 is 0 Å². The summed E-state index contributed by atoms with van der Waals surface area (Å²) in [4.78, 5) is 18.0. The van der Waals surface area contributed by atoms with Crippen molar-refractivity contribution in [2.24, 2.45) is 5.41 Å². The van der Waals surface area contributed by atoms with E-state index in [-0.39, 0.29) is 11.3 Å². The second-order valence-corrected chi connectivity index (χ2v) is 6.56. The zero-order chi connectivity index (χ0) is 14.0. The van der Waals surface area contributed by atoms with E-state index in [1.807, 2.05) is 11.0 Å². The first-order valence-electron chi connectivity index (χ1n) is 6.46. The minimum atomic E-state index is 0.191. The molecule has 1 saturated heterocycles. The summed E-state index contributed by atoms with van der Waals surface area (Å²) < 4.78 is 0. The van der Waals surface area contributed by atoms with Gasteiger partial charge >= 0.3 is 0 Å². The number of aromatic nitrogens is 1. The van der Waals surface area contributed by atoms with Crippen molar-refractivity contribution in [2.75, 3.05) is 6.54 Å². The predicted molar refractivity (Wildman–Crippen MR) is 77.3 cm³/mol. The van der Waals surface area contributed by atoms with E-state index in [2.05, 4.69) is 18.8 Å². The molecule has 0 radical (unpaired) electrons. The Balaban J connectivity index is 2.11. The fraction of sp³-hybridized carbons (Fsp3) is 0.571. The van der Waals surface area contributed by atoms with E-state index < -0.39 is 0 Å². The molecule has 0 N–H and O–H groups in total. The molecule has 0 bridgehead atoms. The Kier molecular flexibility index (Phi) is 4.36. The second-order valence-electron chi connectivity index (χ2n) is 5.81. The van der Waals surface area contributed by atoms with Gasteiger partial charge in [0, 0.05) is 25.1 Å². The van der Waals surface area contributed by atoms with Crippen LogP contribution in [-0.2, 0) is 11.3 Å². The minimum absolute atomic E-state index is 0.191. The van der Waals surface area contributed by atoms with Gasteiger partial charge in [0.05, 0.1) is 0 Å². The van der Waals surface area contributed by atoms with Gasteiger partial charge in [0.1, 0.15) is 10.3 Å². The zero-order valence-electron chi connectivity index (χ0n) is 11.2. The standard InChI is InChI=1S/C14H18Cl2N2O/c1-14(2)6-5-12(19)18(8-7-14)9-10-3-4-11(15)17-13(10)16/h3-4H,5-9H2,1-2H3. The highest BCUT2D eigenvalue weighted by Crippen LogP contribution is 2.31. The number of pyridine rings is 1. The third-order valence-electron chi connectivity index (χ3n) is 3.68. The Morgan fingerprint density at radius 1 is 1.32 bits per heavy atom. The molecule has 0 aromatic carbocycles. The Hall–Kier alpha value is -0.800. The lowest BCUT2D eigenvalue weighted by Crippen LogP contribution is -2.30. The lowest BCUT2D eigenvalue weighted by atomic mass is 9.85. The van der Waals surface area contributed by atoms with Crippen LogP contribution < -0.4 is 0 Å². The van der Waals surface area contributed by atoms with Crippen LogP contribution in [-0.4, -0.2) is 22.3 Å². The van der Waals surface area contributed by atoms with Crippen LogP contribution in [0.5, 0.6) is 0 Å². The molecule has 1 aromatic heterocycles. The van der Waals surface area contributed by atoms with E-state index in [1.54, 1.807) is 6.07 Å². The van der Waals surface area contributed by atoms with E-state index in [9.17, 15) is 4.79 Å². The van der Waals surface area contributed by atoms with Crippen LogP contribution >= 0.6 is 23.2 Å². The van der Waals surface area contributed by atoms with Crippen molar-refractivity contribution in [3.63, 3.8) is 0 Å². The Bertz CT molecular complexity index is 488. The van der Waals surface area contributed by atoms with Crippen LogP contribution in [0.1, 0.15) is 38.7 Å². The van der Waals surface area contributed by atoms with E-state index in [1.165, 1.54) is 0 Å². The van der Waals surface area contributed by atoms with Crippen molar-refractivity contribution in [3.05, 3.63) is 28.0 Å². The van der Waals surface area contributed by atoms with Gasteiger partial charge in [-0.15, -0.1) is 0 Å². The van der Waals surface area contributed by atoms with Crippen molar-refractivity contribution < 1.29 is 4.79 Å². The highest BCUT2D eigenvalue weighted by molar-refractivity contribution is 6.32. The molecule has 1 aromatic rings. The SMILES string of the molecule is CC1(C)CCC(=O)N(Cc2ccc(Cl)nc2Cl)CC1. The maximum absolute atomic E-state index is 12.1. The molecular formula is C14H18Cl2N2O. The number of hydrogen-bond acceptors (Lipinski definition) is 2. The molecule has 0 spiro atoms. The Morgan fingerprint density at radius 2 is 2.05 bits per heavy atom. The summed E-state index contributed by atoms with van der Waals surface area (Å²) in [5.74, 6) is 0.191. The number of likely N-dealkylation sites (tertiary alicyclic amines) is 1. The lowest BCUT2D eigenvalue weighted by molar-refractivity contribution is -0.131. The largest absolute Gasteiger partial charge is 0.338 e. The van der Waals surface area contributed by atoms with Crippen LogP contribution in [0, 0.1) is 5.41 Å². The second kappa shape index (κ2) is 5.68. The molecule has 1 aliphatic rings. The predicted octanol–water partition coefficient (Wildman–Crippen LogP) is 3.93. The van der Waals surface area contributed by atoms with Crippen LogP contribution in [0.2, 0.25) is 10.3 Å². The zero-order valence-corrected chi connectivity index (χ0v) is 12.8. The molecule has 1 fully saturated rings. The van der Waals surface area contributed by atoms with Gasteiger partial charge in [0.2, 0.25) is 5.91 Å². The molecule has 104 valence electrons. The summed E-state index contributed by atoms with van der Waals surface area (Å²) >= 11 is 11.8. The van der Waals surface area contributed by atoms with Crippen LogP contribution in [0.3, 0.4) is 0 Å². The first-order chi connectivity index (χ1) is 8.87. The molecule has 2 heterocycles. The molecule has 0 unspecified atom stereocenters. The summed E-state index contributed by atoms with van der Waals surface area (Å²) in [5.41, 5.74) is 1.08. The first kappa shape index (κ1) is 14.6. The van der Waals surface area contributed by atoms with Crippen molar-refractivity contribution in [3.8, 4) is 0 Å². The van der Waals surface area contributed by atoms with Crippen molar-refractivity contribution >= 4 is 29.1 Å². The summed E-state index contributed by atoms with van der Waals surface area (Å²) in [5, 5.41) is 0.751. The molecule has 2 rings (SSSR count). The number of halogens is 2. The van der Waals surface area contributed by atoms with E-state index in [0.717, 1.165) is 24.9 Å². The highest BCUT2D eigenvalue weighted by Gasteiger charge is 2.27. The van der Waals surface area contributed by atoms with Crippen LogP contribution in [0.25, 0.3) is 0 Å². The van der Waals surface area contributed by atoms with Crippen molar-refractivity contribution in [2.45, 2.75) is 39.7 Å². The Morgan fingerprint density at radius 3 is 2.74 bits per heavy atom. The van der Waals surface area contributed by atoms with Gasteiger partial charge in [-0.2, -0.15) is 0 Å². The summed E-state index contributed by atoms with van der Waals surface area (Å²) in [6.07, 6.45) is 2.55. The average molecular weight is 301 g/mol. The number of rotatable bonds is 2. The molecule has 0 aliphatic carbocycles. The third kappa shape index (κ3) is 3.83. The molecule has 19 heavy (non-hydrogen) atoms. The molecule has 1 aliphatic heterocycles. The highest BCUT2D eigenvalue weighted by atomic mass is 35.5. The molecule has 5 heteroatoms. The smallest absolute Gasteiger partial charge is 0.222 e. The Labute approximate surface area is 123 Å². The van der Waals surface area contributed by atoms with Gasteiger partial charge < -0.3 is 4.90 Å². The maximum atomic E-state index is 12.1. The third-order valence-corrected chi connectivity index (χ3v) is 4.22. The summed E-state index contributed by atoms with van der Waals surface area (Å²) in [6, 6.07) is 3.54. The lowest BCUT2D eigenvalue weighted by Gasteiger charge is -2.23. The molecule has 0 saturated carbocycles. The number of hydrogen-bond donors (Lipinski definition) is 0. The number of carbonyl (C=O) groups is 1. The van der Waals surface area contributed by atoms with E-state index in [4.69, 9.17) is 23.2 Å². The van der Waals surface area contributed by atoms with Gasteiger partial charge in [-0.25, -0.2) is 4.98 Å². The quantitative estimate of drug-likeness (QED) is 0.776. The normalized spacial score (nSPS) is 19.4. The van der Waals surface area contributed by atoms with Crippen molar-refractivity contribution in [1.82, 2.24) is 9.88 Å². The molecule has 1 amide bonds. The van der Waals surface area contributed by atoms with Gasteiger partial charge in [0.25, 0.3) is 0 Å². The first-order valence-corrected chi connectivity index (χ1v) is 7.22. The minimum Gasteiger partial charge on any atom is -0.338 e. The molecular weight excluding hydrogens is 283 g/mol. The van der Waals surface area contributed by atoms with Gasteiger partial charge in [0.15, 0.2) is 0 Å². The van der Waals surface area contributed by atoms with Gasteiger partial charge in [-0.05, 0) is 24.3 Å². The van der Waals surface area contributed by atoms with E-state index in [0.29, 0.717) is 23.3 Å². The number of nitrogens with zero attached hydrogens (tertiary/aromatic N) is 2. The maximum Gasteiger partial charge on any atom is 0.222 e.